The Labute approximate surface area is 107 Å². The molecular formula is C13H19OW-. The van der Waals surface area contributed by atoms with Gasteiger partial charge in [-0.25, -0.2) is 0 Å². The largest absolute Gasteiger partial charge is 0.493 e. The first kappa shape index (κ1) is 14.7. The normalized spacial score (nSPS) is 11.7. The van der Waals surface area contributed by atoms with E-state index in [0.717, 1.165) is 25.2 Å². The van der Waals surface area contributed by atoms with E-state index < -0.39 is 0 Å². The summed E-state index contributed by atoms with van der Waals surface area (Å²) in [4.78, 5) is 0. The maximum atomic E-state index is 5.68. The summed E-state index contributed by atoms with van der Waals surface area (Å²) in [5.74, 6) is 1.49. The molecule has 0 aliphatic rings. The van der Waals surface area contributed by atoms with Crippen LogP contribution in [-0.2, 0) is 21.1 Å². The van der Waals surface area contributed by atoms with Gasteiger partial charge < -0.3 is 11.7 Å². The molecule has 0 radical (unpaired) electrons. The van der Waals surface area contributed by atoms with E-state index in [4.69, 9.17) is 4.74 Å². The van der Waals surface area contributed by atoms with Crippen LogP contribution in [0, 0.1) is 6.92 Å². The minimum absolute atomic E-state index is 0. The molecule has 0 aliphatic heterocycles. The molecule has 0 aliphatic carbocycles. The monoisotopic (exact) mass is 375 g/mol. The van der Waals surface area contributed by atoms with Crippen LogP contribution in [0.15, 0.2) is 24.3 Å². The minimum atomic E-state index is 0. The zero-order valence-corrected chi connectivity index (χ0v) is 12.5. The van der Waals surface area contributed by atoms with Crippen LogP contribution < -0.4 is 4.74 Å². The summed E-state index contributed by atoms with van der Waals surface area (Å²) in [6.07, 6.45) is 1.96. The van der Waals surface area contributed by atoms with E-state index in [-0.39, 0.29) is 21.1 Å². The Bertz CT molecular complexity index is 273. The molecule has 84 valence electrons. The third-order valence-corrected chi connectivity index (χ3v) is 2.34. The van der Waals surface area contributed by atoms with Gasteiger partial charge in [0, 0.05) is 21.1 Å². The fourth-order valence-electron chi connectivity index (χ4n) is 1.39. The van der Waals surface area contributed by atoms with Crippen LogP contribution in [0.5, 0.6) is 5.75 Å². The number of benzene rings is 1. The summed E-state index contributed by atoms with van der Waals surface area (Å²) >= 11 is 0. The van der Waals surface area contributed by atoms with Gasteiger partial charge in [0.2, 0.25) is 0 Å². The maximum Gasteiger partial charge on any atom is 0.122 e. The van der Waals surface area contributed by atoms with Crippen molar-refractivity contribution in [3.8, 4) is 5.75 Å². The van der Waals surface area contributed by atoms with Crippen molar-refractivity contribution in [2.24, 2.45) is 0 Å². The first-order valence-corrected chi connectivity index (χ1v) is 5.30. The van der Waals surface area contributed by atoms with E-state index >= 15 is 0 Å². The Hall–Kier alpha value is -0.292. The van der Waals surface area contributed by atoms with Crippen molar-refractivity contribution in [3.05, 3.63) is 36.8 Å². The Morgan fingerprint density at radius 2 is 2.00 bits per heavy atom. The number of para-hydroxylation sites is 1. The third-order valence-electron chi connectivity index (χ3n) is 2.34. The quantitative estimate of drug-likeness (QED) is 0.712. The van der Waals surface area contributed by atoms with Gasteiger partial charge in [-0.3, -0.25) is 0 Å². The molecule has 0 fully saturated rings. The molecule has 0 unspecified atom stereocenters. The Morgan fingerprint density at radius 3 is 2.60 bits per heavy atom. The summed E-state index contributed by atoms with van der Waals surface area (Å²) in [6.45, 7) is 9.02. The fraction of sp³-hybridized carbons (Fsp3) is 0.462. The van der Waals surface area contributed by atoms with Gasteiger partial charge >= 0.3 is 0 Å². The van der Waals surface area contributed by atoms with Crippen molar-refractivity contribution in [3.63, 3.8) is 0 Å². The van der Waals surface area contributed by atoms with Crippen molar-refractivity contribution >= 4 is 0 Å². The van der Waals surface area contributed by atoms with Gasteiger partial charge in [-0.1, -0.05) is 32.0 Å². The molecule has 0 spiro atoms. The van der Waals surface area contributed by atoms with E-state index in [1.165, 1.54) is 5.56 Å². The minimum Gasteiger partial charge on any atom is -0.493 e. The molecule has 1 aromatic rings. The van der Waals surface area contributed by atoms with E-state index in [1.54, 1.807) is 0 Å². The average molecular weight is 375 g/mol. The Kier molecular flexibility index (Phi) is 7.78. The molecule has 1 atom stereocenters. The second-order valence-corrected chi connectivity index (χ2v) is 3.58. The predicted octanol–water partition coefficient (Wildman–Crippen LogP) is 3.80. The van der Waals surface area contributed by atoms with Gasteiger partial charge in [-0.2, -0.15) is 6.42 Å². The zero-order valence-electron chi connectivity index (χ0n) is 9.53. The molecule has 1 aromatic carbocycles. The molecule has 0 heterocycles. The molecule has 15 heavy (non-hydrogen) atoms. The van der Waals surface area contributed by atoms with Crippen molar-refractivity contribution < 1.29 is 25.8 Å². The van der Waals surface area contributed by atoms with E-state index in [0.29, 0.717) is 5.92 Å². The van der Waals surface area contributed by atoms with Crippen molar-refractivity contribution in [2.75, 3.05) is 6.61 Å². The van der Waals surface area contributed by atoms with E-state index in [1.807, 2.05) is 12.1 Å². The molecule has 0 N–H and O–H groups in total. The van der Waals surface area contributed by atoms with Crippen LogP contribution in [0.1, 0.15) is 38.2 Å². The van der Waals surface area contributed by atoms with Crippen LogP contribution in [0.2, 0.25) is 0 Å². The summed E-state index contributed by atoms with van der Waals surface area (Å²) in [5, 5.41) is 0. The van der Waals surface area contributed by atoms with Crippen LogP contribution >= 0.6 is 0 Å². The first-order valence-electron chi connectivity index (χ1n) is 5.30. The van der Waals surface area contributed by atoms with E-state index in [2.05, 4.69) is 32.9 Å². The summed E-state index contributed by atoms with van der Waals surface area (Å²) < 4.78 is 5.68. The fourth-order valence-corrected chi connectivity index (χ4v) is 1.39. The molecule has 0 saturated heterocycles. The smallest absolute Gasteiger partial charge is 0.122 e. The second kappa shape index (κ2) is 7.93. The topological polar surface area (TPSA) is 9.23 Å². The Balaban J connectivity index is 0.00000196. The van der Waals surface area contributed by atoms with E-state index in [9.17, 15) is 0 Å². The van der Waals surface area contributed by atoms with Gasteiger partial charge in [-0.15, -0.1) is 0 Å². The second-order valence-electron chi connectivity index (χ2n) is 3.58. The third kappa shape index (κ3) is 4.38. The molecule has 0 amide bonds. The molecule has 1 nitrogen and oxygen atoms in total. The summed E-state index contributed by atoms with van der Waals surface area (Å²) in [7, 11) is 0. The average Bonchev–Trinajstić information content (AvgIpc) is 2.25. The molecule has 0 saturated carbocycles. The predicted molar refractivity (Wildman–Crippen MR) is 60.6 cm³/mol. The van der Waals surface area contributed by atoms with Crippen LogP contribution in [0.3, 0.4) is 0 Å². The zero-order chi connectivity index (χ0) is 10.4. The van der Waals surface area contributed by atoms with Crippen LogP contribution in [0.25, 0.3) is 0 Å². The van der Waals surface area contributed by atoms with Gasteiger partial charge in [0.05, 0.1) is 6.61 Å². The standard InChI is InChI=1S/C13H19O.W/c1-4-10-14-13-9-7-6-8-12(13)11(3)5-2;/h6-9,11H,2,4-5,10H2,1,3H3;/q-1;/t11-;/m0./s1. The van der Waals surface area contributed by atoms with Crippen LogP contribution in [0.4, 0.5) is 0 Å². The van der Waals surface area contributed by atoms with Gasteiger partial charge in [0.15, 0.2) is 0 Å². The molecular weight excluding hydrogens is 356 g/mol. The first-order chi connectivity index (χ1) is 6.79. The van der Waals surface area contributed by atoms with Gasteiger partial charge in [0.1, 0.15) is 5.75 Å². The summed E-state index contributed by atoms with van der Waals surface area (Å²) in [5.41, 5.74) is 1.27. The van der Waals surface area contributed by atoms with Crippen molar-refractivity contribution in [1.82, 2.24) is 0 Å². The van der Waals surface area contributed by atoms with Gasteiger partial charge in [0.25, 0.3) is 0 Å². The van der Waals surface area contributed by atoms with Crippen LogP contribution in [-0.4, -0.2) is 6.61 Å². The van der Waals surface area contributed by atoms with Crippen molar-refractivity contribution in [1.29, 1.82) is 0 Å². The Morgan fingerprint density at radius 1 is 1.33 bits per heavy atom. The number of rotatable bonds is 5. The molecule has 2 heteroatoms. The molecule has 0 aromatic heterocycles. The molecule has 0 bridgehead atoms. The number of hydrogen-bond acceptors (Lipinski definition) is 1. The molecule has 1 rings (SSSR count). The maximum absolute atomic E-state index is 5.68. The van der Waals surface area contributed by atoms with Crippen molar-refractivity contribution in [2.45, 2.75) is 32.6 Å². The SMILES string of the molecule is [CH2-]C[C@H](C)c1ccccc1OCCC.[W]. The number of ether oxygens (including phenoxy) is 1. The summed E-state index contributed by atoms with van der Waals surface area (Å²) in [6, 6.07) is 8.24. The number of hydrogen-bond donors (Lipinski definition) is 0. The van der Waals surface area contributed by atoms with Gasteiger partial charge in [-0.05, 0) is 24.0 Å².